The molecule has 0 bridgehead atoms. The quantitative estimate of drug-likeness (QED) is 0.714. The molecule has 0 spiro atoms. The van der Waals surface area contributed by atoms with Gasteiger partial charge in [0.05, 0.1) is 5.56 Å². The number of nitrogens with one attached hydrogen (secondary N) is 1. The molecular formula is C13H10FNO3. The highest BCUT2D eigenvalue weighted by Gasteiger charge is 2.11. The molecule has 0 heterocycles. The average Bonchev–Trinajstić information content (AvgIpc) is 2.32. The Labute approximate surface area is 102 Å². The van der Waals surface area contributed by atoms with Gasteiger partial charge >= 0.3 is 0 Å². The number of halogens is 1. The predicted octanol–water partition coefficient (Wildman–Crippen LogP) is 2.49. The van der Waals surface area contributed by atoms with E-state index in [4.69, 9.17) is 5.11 Å². The summed E-state index contributed by atoms with van der Waals surface area (Å²) in [5.41, 5.74) is 0.436. The number of benzene rings is 2. The minimum Gasteiger partial charge on any atom is -0.508 e. The van der Waals surface area contributed by atoms with Gasteiger partial charge < -0.3 is 15.5 Å². The van der Waals surface area contributed by atoms with Crippen molar-refractivity contribution in [2.75, 3.05) is 5.32 Å². The second kappa shape index (κ2) is 4.75. The summed E-state index contributed by atoms with van der Waals surface area (Å²) in [6.07, 6.45) is 0. The molecule has 92 valence electrons. The molecule has 2 aromatic rings. The first-order valence-electron chi connectivity index (χ1n) is 5.15. The molecule has 0 atom stereocenters. The third kappa shape index (κ3) is 2.57. The SMILES string of the molecule is O=C(Nc1ccc(O)cc1)c1ccc(F)cc1O. The zero-order valence-corrected chi connectivity index (χ0v) is 9.22. The minimum absolute atomic E-state index is 0.0236. The molecule has 4 nitrogen and oxygen atoms in total. The zero-order chi connectivity index (χ0) is 13.1. The van der Waals surface area contributed by atoms with Gasteiger partial charge in [0.25, 0.3) is 5.91 Å². The Kier molecular flexibility index (Phi) is 3.14. The Morgan fingerprint density at radius 2 is 1.72 bits per heavy atom. The first-order valence-corrected chi connectivity index (χ1v) is 5.15. The van der Waals surface area contributed by atoms with Crippen LogP contribution in [0.15, 0.2) is 42.5 Å². The molecule has 0 aliphatic rings. The third-order valence-corrected chi connectivity index (χ3v) is 2.33. The molecule has 0 aliphatic carbocycles. The Morgan fingerprint density at radius 1 is 1.06 bits per heavy atom. The number of amides is 1. The highest BCUT2D eigenvalue weighted by Crippen LogP contribution is 2.20. The van der Waals surface area contributed by atoms with Gasteiger partial charge in [-0.2, -0.15) is 0 Å². The van der Waals surface area contributed by atoms with Crippen molar-refractivity contribution in [3.63, 3.8) is 0 Å². The summed E-state index contributed by atoms with van der Waals surface area (Å²) in [6, 6.07) is 9.00. The number of rotatable bonds is 2. The highest BCUT2D eigenvalue weighted by atomic mass is 19.1. The number of phenolic OH excluding ortho intramolecular Hbond substituents is 2. The van der Waals surface area contributed by atoms with Crippen LogP contribution < -0.4 is 5.32 Å². The first kappa shape index (κ1) is 11.9. The number of hydrogen-bond acceptors (Lipinski definition) is 3. The molecule has 5 heteroatoms. The molecule has 3 N–H and O–H groups in total. The summed E-state index contributed by atoms with van der Waals surface area (Å²) in [4.78, 5) is 11.8. The standard InChI is InChI=1S/C13H10FNO3/c14-8-1-6-11(12(17)7-8)13(18)15-9-2-4-10(16)5-3-9/h1-7,16-17H,(H,15,18). The maximum Gasteiger partial charge on any atom is 0.259 e. The highest BCUT2D eigenvalue weighted by molar-refractivity contribution is 6.06. The van der Waals surface area contributed by atoms with Gasteiger partial charge in [-0.05, 0) is 36.4 Å². The van der Waals surface area contributed by atoms with Crippen LogP contribution in [0.2, 0.25) is 0 Å². The number of carbonyl (C=O) groups excluding carboxylic acids is 1. The molecule has 0 saturated carbocycles. The van der Waals surface area contributed by atoms with E-state index in [-0.39, 0.29) is 11.3 Å². The second-order valence-corrected chi connectivity index (χ2v) is 3.66. The van der Waals surface area contributed by atoms with Crippen LogP contribution in [0.4, 0.5) is 10.1 Å². The van der Waals surface area contributed by atoms with E-state index in [9.17, 15) is 14.3 Å². The predicted molar refractivity (Wildman–Crippen MR) is 64.1 cm³/mol. The molecule has 2 aromatic carbocycles. The fourth-order valence-electron chi connectivity index (χ4n) is 1.44. The summed E-state index contributed by atoms with van der Waals surface area (Å²) < 4.78 is 12.8. The fourth-order valence-corrected chi connectivity index (χ4v) is 1.44. The van der Waals surface area contributed by atoms with Crippen LogP contribution in [0.5, 0.6) is 11.5 Å². The number of phenols is 2. The van der Waals surface area contributed by atoms with Crippen LogP contribution in [0.25, 0.3) is 0 Å². The largest absolute Gasteiger partial charge is 0.508 e. The van der Waals surface area contributed by atoms with Gasteiger partial charge in [0.2, 0.25) is 0 Å². The Bertz CT molecular complexity index is 581. The van der Waals surface area contributed by atoms with Crippen molar-refractivity contribution in [1.29, 1.82) is 0 Å². The van der Waals surface area contributed by atoms with Crippen molar-refractivity contribution in [3.8, 4) is 11.5 Å². The van der Waals surface area contributed by atoms with E-state index in [0.29, 0.717) is 5.69 Å². The monoisotopic (exact) mass is 247 g/mol. The van der Waals surface area contributed by atoms with E-state index in [1.54, 1.807) is 0 Å². The van der Waals surface area contributed by atoms with Crippen LogP contribution in [0.1, 0.15) is 10.4 Å². The van der Waals surface area contributed by atoms with Crippen LogP contribution in [0, 0.1) is 5.82 Å². The Hall–Kier alpha value is -2.56. The number of aromatic hydroxyl groups is 2. The van der Waals surface area contributed by atoms with Crippen LogP contribution in [0.3, 0.4) is 0 Å². The van der Waals surface area contributed by atoms with Gasteiger partial charge in [-0.25, -0.2) is 4.39 Å². The van der Waals surface area contributed by atoms with Crippen LogP contribution >= 0.6 is 0 Å². The van der Waals surface area contributed by atoms with E-state index in [1.807, 2.05) is 0 Å². The lowest BCUT2D eigenvalue weighted by Gasteiger charge is -2.06. The molecule has 0 unspecified atom stereocenters. The minimum atomic E-state index is -0.617. The molecule has 1 amide bonds. The molecular weight excluding hydrogens is 237 g/mol. The Morgan fingerprint density at radius 3 is 2.33 bits per heavy atom. The van der Waals surface area contributed by atoms with Gasteiger partial charge in [-0.15, -0.1) is 0 Å². The Balaban J connectivity index is 2.19. The van der Waals surface area contributed by atoms with Gasteiger partial charge in [-0.3, -0.25) is 4.79 Å². The van der Waals surface area contributed by atoms with Crippen molar-refractivity contribution in [1.82, 2.24) is 0 Å². The van der Waals surface area contributed by atoms with E-state index in [0.717, 1.165) is 12.1 Å². The zero-order valence-electron chi connectivity index (χ0n) is 9.22. The summed E-state index contributed by atoms with van der Waals surface area (Å²) in [6.45, 7) is 0. The lowest BCUT2D eigenvalue weighted by atomic mass is 10.1. The van der Waals surface area contributed by atoms with Crippen molar-refractivity contribution >= 4 is 11.6 Å². The van der Waals surface area contributed by atoms with Crippen molar-refractivity contribution in [2.45, 2.75) is 0 Å². The van der Waals surface area contributed by atoms with Gasteiger partial charge in [-0.1, -0.05) is 0 Å². The fraction of sp³-hybridized carbons (Fsp3) is 0. The second-order valence-electron chi connectivity index (χ2n) is 3.66. The lowest BCUT2D eigenvalue weighted by molar-refractivity contribution is 0.102. The molecule has 0 saturated heterocycles. The lowest BCUT2D eigenvalue weighted by Crippen LogP contribution is -2.12. The number of carbonyl (C=O) groups is 1. The van der Waals surface area contributed by atoms with Crippen LogP contribution in [-0.2, 0) is 0 Å². The van der Waals surface area contributed by atoms with Crippen molar-refractivity contribution in [3.05, 3.63) is 53.8 Å². The molecule has 18 heavy (non-hydrogen) atoms. The summed E-state index contributed by atoms with van der Waals surface area (Å²) >= 11 is 0. The first-order chi connectivity index (χ1) is 8.56. The maximum absolute atomic E-state index is 12.8. The van der Waals surface area contributed by atoms with E-state index in [2.05, 4.69) is 5.32 Å². The molecule has 2 rings (SSSR count). The molecule has 0 aliphatic heterocycles. The van der Waals surface area contributed by atoms with Gasteiger partial charge in [0.15, 0.2) is 0 Å². The van der Waals surface area contributed by atoms with E-state index >= 15 is 0 Å². The normalized spacial score (nSPS) is 10.1. The molecule has 0 fully saturated rings. The van der Waals surface area contributed by atoms with Gasteiger partial charge in [0, 0.05) is 11.8 Å². The number of hydrogen-bond donors (Lipinski definition) is 3. The average molecular weight is 247 g/mol. The summed E-state index contributed by atoms with van der Waals surface area (Å²) in [5.74, 6) is -1.52. The van der Waals surface area contributed by atoms with Crippen LogP contribution in [-0.4, -0.2) is 16.1 Å². The molecule has 0 radical (unpaired) electrons. The van der Waals surface area contributed by atoms with Crippen molar-refractivity contribution < 1.29 is 19.4 Å². The van der Waals surface area contributed by atoms with Gasteiger partial charge in [0.1, 0.15) is 17.3 Å². The van der Waals surface area contributed by atoms with E-state index < -0.39 is 17.5 Å². The maximum atomic E-state index is 12.8. The van der Waals surface area contributed by atoms with Crippen molar-refractivity contribution in [2.24, 2.45) is 0 Å². The summed E-state index contributed by atoms with van der Waals surface area (Å²) in [5, 5.41) is 21.0. The smallest absolute Gasteiger partial charge is 0.259 e. The third-order valence-electron chi connectivity index (χ3n) is 2.33. The number of anilines is 1. The van der Waals surface area contributed by atoms with E-state index in [1.165, 1.54) is 30.3 Å². The topological polar surface area (TPSA) is 69.6 Å². The molecule has 0 aromatic heterocycles. The summed E-state index contributed by atoms with van der Waals surface area (Å²) in [7, 11) is 0.